The minimum absolute atomic E-state index is 0.122. The van der Waals surface area contributed by atoms with Crippen LogP contribution in [-0.2, 0) is 0 Å². The quantitative estimate of drug-likeness (QED) is 0.568. The van der Waals surface area contributed by atoms with Crippen LogP contribution in [0.15, 0.2) is 59.0 Å². The van der Waals surface area contributed by atoms with Gasteiger partial charge in [-0.3, -0.25) is 0 Å². The fourth-order valence-electron chi connectivity index (χ4n) is 2.57. The molecule has 0 fully saturated rings. The maximum atomic E-state index is 9.92. The topological polar surface area (TPSA) is 70.0 Å². The number of oxazole rings is 1. The molecule has 1 heterocycles. The second-order valence-electron chi connectivity index (χ2n) is 4.99. The Bertz CT molecular complexity index is 1060. The molecular formula is C18H10N2O2. The first-order chi connectivity index (χ1) is 10.8. The molecule has 4 aromatic rings. The Morgan fingerprint density at radius 2 is 1.91 bits per heavy atom. The summed E-state index contributed by atoms with van der Waals surface area (Å²) in [6.07, 6.45) is 0. The van der Waals surface area contributed by atoms with Gasteiger partial charge < -0.3 is 9.52 Å². The van der Waals surface area contributed by atoms with E-state index in [4.69, 9.17) is 4.42 Å². The summed E-state index contributed by atoms with van der Waals surface area (Å²) in [5, 5.41) is 20.9. The fraction of sp³-hybridized carbons (Fsp3) is 0. The molecule has 0 unspecified atom stereocenters. The summed E-state index contributed by atoms with van der Waals surface area (Å²) < 4.78 is 5.76. The first-order valence-corrected chi connectivity index (χ1v) is 6.78. The van der Waals surface area contributed by atoms with Gasteiger partial charge in [0.05, 0.1) is 17.2 Å². The first-order valence-electron chi connectivity index (χ1n) is 6.78. The molecule has 0 saturated heterocycles. The van der Waals surface area contributed by atoms with E-state index in [2.05, 4.69) is 11.1 Å². The lowest BCUT2D eigenvalue weighted by Crippen LogP contribution is -1.80. The molecule has 22 heavy (non-hydrogen) atoms. The van der Waals surface area contributed by atoms with Crippen LogP contribution in [0.3, 0.4) is 0 Å². The Kier molecular flexibility index (Phi) is 2.60. The van der Waals surface area contributed by atoms with Crippen LogP contribution in [0, 0.1) is 11.3 Å². The molecule has 0 bridgehead atoms. The van der Waals surface area contributed by atoms with E-state index < -0.39 is 0 Å². The van der Waals surface area contributed by atoms with Crippen molar-refractivity contribution in [2.75, 3.05) is 0 Å². The van der Waals surface area contributed by atoms with Crippen molar-refractivity contribution >= 4 is 21.9 Å². The van der Waals surface area contributed by atoms with Crippen molar-refractivity contribution in [2.24, 2.45) is 0 Å². The van der Waals surface area contributed by atoms with Gasteiger partial charge in [0.1, 0.15) is 11.3 Å². The second kappa shape index (κ2) is 4.61. The highest BCUT2D eigenvalue weighted by atomic mass is 16.3. The van der Waals surface area contributed by atoms with Crippen molar-refractivity contribution in [3.63, 3.8) is 0 Å². The lowest BCUT2D eigenvalue weighted by Gasteiger charge is -1.98. The average molecular weight is 286 g/mol. The third-order valence-electron chi connectivity index (χ3n) is 3.64. The molecule has 0 aliphatic heterocycles. The van der Waals surface area contributed by atoms with Gasteiger partial charge in [-0.05, 0) is 35.7 Å². The summed E-state index contributed by atoms with van der Waals surface area (Å²) in [6, 6.07) is 18.3. The van der Waals surface area contributed by atoms with E-state index in [0.29, 0.717) is 28.1 Å². The molecule has 4 nitrogen and oxygen atoms in total. The van der Waals surface area contributed by atoms with E-state index >= 15 is 0 Å². The minimum atomic E-state index is 0.122. The summed E-state index contributed by atoms with van der Waals surface area (Å²) in [5.74, 6) is 0.484. The van der Waals surface area contributed by atoms with Crippen molar-refractivity contribution < 1.29 is 9.52 Å². The molecule has 0 aliphatic rings. The molecule has 1 N–H and O–H groups in total. The van der Waals surface area contributed by atoms with Crippen LogP contribution in [0.4, 0.5) is 0 Å². The molecule has 0 spiro atoms. The number of fused-ring (bicyclic) bond motifs is 2. The third kappa shape index (κ3) is 1.80. The number of hydrogen-bond donors (Lipinski definition) is 1. The number of phenols is 1. The summed E-state index contributed by atoms with van der Waals surface area (Å²) in [6.45, 7) is 0. The predicted octanol–water partition coefficient (Wildman–Crippen LogP) is 4.23. The Balaban J connectivity index is 2.01. The van der Waals surface area contributed by atoms with Crippen LogP contribution in [0.5, 0.6) is 5.75 Å². The number of aromatic nitrogens is 1. The molecule has 0 atom stereocenters. The number of phenolic OH excluding ortho intramolecular Hbond substituents is 1. The summed E-state index contributed by atoms with van der Waals surface area (Å²) in [4.78, 5) is 4.43. The summed E-state index contributed by atoms with van der Waals surface area (Å²) in [5.41, 5.74) is 2.43. The van der Waals surface area contributed by atoms with Gasteiger partial charge in [0.25, 0.3) is 0 Å². The third-order valence-corrected chi connectivity index (χ3v) is 3.64. The van der Waals surface area contributed by atoms with Crippen molar-refractivity contribution in [1.82, 2.24) is 4.98 Å². The largest absolute Gasteiger partial charge is 0.507 e. The van der Waals surface area contributed by atoms with Gasteiger partial charge >= 0.3 is 0 Å². The number of rotatable bonds is 1. The minimum Gasteiger partial charge on any atom is -0.507 e. The molecule has 4 rings (SSSR count). The van der Waals surface area contributed by atoms with E-state index in [9.17, 15) is 10.4 Å². The number of nitrogens with zero attached hydrogens (tertiary/aromatic N) is 2. The van der Waals surface area contributed by atoms with Crippen molar-refractivity contribution in [3.8, 4) is 23.3 Å². The van der Waals surface area contributed by atoms with Crippen LogP contribution in [0.1, 0.15) is 5.56 Å². The zero-order chi connectivity index (χ0) is 15.1. The van der Waals surface area contributed by atoms with E-state index in [0.717, 1.165) is 10.8 Å². The van der Waals surface area contributed by atoms with E-state index in [-0.39, 0.29) is 5.75 Å². The van der Waals surface area contributed by atoms with Crippen LogP contribution < -0.4 is 0 Å². The van der Waals surface area contributed by atoms with E-state index in [1.165, 1.54) is 0 Å². The average Bonchev–Trinajstić information content (AvgIpc) is 2.95. The molecule has 0 saturated carbocycles. The maximum Gasteiger partial charge on any atom is 0.231 e. The molecule has 3 aromatic carbocycles. The smallest absolute Gasteiger partial charge is 0.231 e. The molecule has 1 aromatic heterocycles. The SMILES string of the molecule is N#Cc1cccc2cc3oc(-c4ccccc4O)nc3cc12. The van der Waals surface area contributed by atoms with Gasteiger partial charge in [0.15, 0.2) is 5.58 Å². The standard InChI is InChI=1S/C18H10N2O2/c19-10-12-5-3-4-11-8-17-15(9-14(11)12)20-18(22-17)13-6-1-2-7-16(13)21/h1-9,21H. The summed E-state index contributed by atoms with van der Waals surface area (Å²) >= 11 is 0. The van der Waals surface area contributed by atoms with Crippen molar-refractivity contribution in [1.29, 1.82) is 5.26 Å². The highest BCUT2D eigenvalue weighted by Gasteiger charge is 2.13. The van der Waals surface area contributed by atoms with E-state index in [1.54, 1.807) is 24.3 Å². The Morgan fingerprint density at radius 1 is 1.05 bits per heavy atom. The van der Waals surface area contributed by atoms with Crippen LogP contribution in [0.2, 0.25) is 0 Å². The number of aromatic hydroxyl groups is 1. The molecule has 0 radical (unpaired) electrons. The highest BCUT2D eigenvalue weighted by Crippen LogP contribution is 2.32. The lowest BCUT2D eigenvalue weighted by molar-refractivity contribution is 0.474. The van der Waals surface area contributed by atoms with Crippen LogP contribution >= 0.6 is 0 Å². The second-order valence-corrected chi connectivity index (χ2v) is 4.99. The van der Waals surface area contributed by atoms with Gasteiger partial charge in [-0.1, -0.05) is 24.3 Å². The zero-order valence-electron chi connectivity index (χ0n) is 11.4. The number of benzene rings is 3. The van der Waals surface area contributed by atoms with E-state index in [1.807, 2.05) is 30.3 Å². The number of nitriles is 1. The molecule has 0 amide bonds. The van der Waals surface area contributed by atoms with Crippen LogP contribution in [-0.4, -0.2) is 10.1 Å². The van der Waals surface area contributed by atoms with Gasteiger partial charge in [-0.15, -0.1) is 0 Å². The monoisotopic (exact) mass is 286 g/mol. The summed E-state index contributed by atoms with van der Waals surface area (Å²) in [7, 11) is 0. The first kappa shape index (κ1) is 12.4. The highest BCUT2D eigenvalue weighted by molar-refractivity contribution is 5.97. The number of para-hydroxylation sites is 1. The Labute approximate surface area is 125 Å². The normalized spacial score (nSPS) is 10.9. The number of hydrogen-bond acceptors (Lipinski definition) is 4. The predicted molar refractivity (Wildman–Crippen MR) is 83.3 cm³/mol. The fourth-order valence-corrected chi connectivity index (χ4v) is 2.57. The van der Waals surface area contributed by atoms with Gasteiger partial charge in [0.2, 0.25) is 5.89 Å². The maximum absolute atomic E-state index is 9.92. The Morgan fingerprint density at radius 3 is 2.73 bits per heavy atom. The molecule has 0 aliphatic carbocycles. The van der Waals surface area contributed by atoms with Gasteiger partial charge in [-0.2, -0.15) is 5.26 Å². The van der Waals surface area contributed by atoms with Gasteiger partial charge in [0, 0.05) is 5.39 Å². The van der Waals surface area contributed by atoms with Crippen molar-refractivity contribution in [2.45, 2.75) is 0 Å². The molecule has 4 heteroatoms. The zero-order valence-corrected chi connectivity index (χ0v) is 11.4. The van der Waals surface area contributed by atoms with Crippen LogP contribution in [0.25, 0.3) is 33.3 Å². The lowest BCUT2D eigenvalue weighted by atomic mass is 10.0. The molecule has 104 valence electrons. The molecular weight excluding hydrogens is 276 g/mol. The Hall–Kier alpha value is -3.32. The van der Waals surface area contributed by atoms with Crippen molar-refractivity contribution in [3.05, 3.63) is 60.2 Å². The van der Waals surface area contributed by atoms with Gasteiger partial charge in [-0.25, -0.2) is 4.98 Å².